The third-order valence-corrected chi connectivity index (χ3v) is 4.26. The fourth-order valence-electron chi connectivity index (χ4n) is 2.88. The third-order valence-electron chi connectivity index (χ3n) is 4.26. The predicted molar refractivity (Wildman–Crippen MR) is 86.9 cm³/mol. The Kier molecular flexibility index (Phi) is 4.85. The highest BCUT2D eigenvalue weighted by molar-refractivity contribution is 5.75. The summed E-state index contributed by atoms with van der Waals surface area (Å²) in [5.74, 6) is 1.29. The van der Waals surface area contributed by atoms with Gasteiger partial charge in [0, 0.05) is 31.7 Å². The van der Waals surface area contributed by atoms with E-state index in [0.717, 1.165) is 31.9 Å². The standard InChI is InChI=1S/C16H22N6O/c1-13-18-19-20-22(13)10-8-16(23)17-11-14-7-9-21(12-14)15-5-3-2-4-6-15/h2-6,14H,7-12H2,1H3,(H,17,23)/t14-/m0/s1. The lowest BCUT2D eigenvalue weighted by molar-refractivity contribution is -0.121. The minimum absolute atomic E-state index is 0.0538. The molecule has 0 unspecified atom stereocenters. The molecule has 1 N–H and O–H groups in total. The van der Waals surface area contributed by atoms with E-state index in [1.807, 2.05) is 13.0 Å². The summed E-state index contributed by atoms with van der Waals surface area (Å²) < 4.78 is 1.65. The molecule has 1 saturated heterocycles. The quantitative estimate of drug-likeness (QED) is 0.861. The molecule has 0 spiro atoms. The van der Waals surface area contributed by atoms with Gasteiger partial charge in [-0.3, -0.25) is 4.79 Å². The predicted octanol–water partition coefficient (Wildman–Crippen LogP) is 1.01. The Morgan fingerprint density at radius 1 is 1.35 bits per heavy atom. The normalized spacial score (nSPS) is 17.4. The second-order valence-corrected chi connectivity index (χ2v) is 5.94. The molecule has 2 aromatic rings. The zero-order chi connectivity index (χ0) is 16.1. The van der Waals surface area contributed by atoms with Crippen LogP contribution in [0.25, 0.3) is 0 Å². The average Bonchev–Trinajstić information content (AvgIpc) is 3.21. The van der Waals surface area contributed by atoms with Crippen LogP contribution >= 0.6 is 0 Å². The lowest BCUT2D eigenvalue weighted by Gasteiger charge is -2.18. The zero-order valence-electron chi connectivity index (χ0n) is 13.4. The van der Waals surface area contributed by atoms with Gasteiger partial charge in [-0.1, -0.05) is 18.2 Å². The van der Waals surface area contributed by atoms with Crippen molar-refractivity contribution in [3.05, 3.63) is 36.2 Å². The fourth-order valence-corrected chi connectivity index (χ4v) is 2.88. The summed E-state index contributed by atoms with van der Waals surface area (Å²) in [4.78, 5) is 14.3. The van der Waals surface area contributed by atoms with Crippen LogP contribution in [-0.4, -0.2) is 45.7 Å². The second kappa shape index (κ2) is 7.21. The van der Waals surface area contributed by atoms with E-state index in [-0.39, 0.29) is 5.91 Å². The maximum atomic E-state index is 12.0. The molecule has 0 saturated carbocycles. The van der Waals surface area contributed by atoms with E-state index < -0.39 is 0 Å². The Hall–Kier alpha value is -2.44. The van der Waals surface area contributed by atoms with Crippen molar-refractivity contribution >= 4 is 11.6 Å². The van der Waals surface area contributed by atoms with Crippen LogP contribution in [0.1, 0.15) is 18.7 Å². The highest BCUT2D eigenvalue weighted by atomic mass is 16.1. The fraction of sp³-hybridized carbons (Fsp3) is 0.500. The maximum Gasteiger partial charge on any atom is 0.221 e. The van der Waals surface area contributed by atoms with Gasteiger partial charge in [0.05, 0.1) is 6.54 Å². The number of tetrazole rings is 1. The summed E-state index contributed by atoms with van der Waals surface area (Å²) in [5.41, 5.74) is 1.26. The molecule has 1 aromatic heterocycles. The van der Waals surface area contributed by atoms with E-state index in [9.17, 15) is 4.79 Å². The number of hydrogen-bond donors (Lipinski definition) is 1. The van der Waals surface area contributed by atoms with Crippen molar-refractivity contribution in [2.45, 2.75) is 26.3 Å². The van der Waals surface area contributed by atoms with Crippen molar-refractivity contribution in [1.82, 2.24) is 25.5 Å². The molecule has 0 radical (unpaired) electrons. The van der Waals surface area contributed by atoms with E-state index in [2.05, 4.69) is 50.0 Å². The minimum atomic E-state index is 0.0538. The molecule has 23 heavy (non-hydrogen) atoms. The van der Waals surface area contributed by atoms with Gasteiger partial charge in [0.15, 0.2) is 0 Å². The maximum absolute atomic E-state index is 12.0. The number of carbonyl (C=O) groups is 1. The van der Waals surface area contributed by atoms with Crippen molar-refractivity contribution in [3.8, 4) is 0 Å². The van der Waals surface area contributed by atoms with Gasteiger partial charge in [0.25, 0.3) is 0 Å². The Balaban J connectivity index is 1.39. The first kappa shape index (κ1) is 15.5. The number of nitrogens with zero attached hydrogens (tertiary/aromatic N) is 5. The number of aromatic nitrogens is 4. The van der Waals surface area contributed by atoms with Crippen molar-refractivity contribution in [1.29, 1.82) is 0 Å². The smallest absolute Gasteiger partial charge is 0.221 e. The molecule has 7 nitrogen and oxygen atoms in total. The van der Waals surface area contributed by atoms with Crippen molar-refractivity contribution < 1.29 is 4.79 Å². The molecule has 1 aliphatic rings. The average molecular weight is 314 g/mol. The van der Waals surface area contributed by atoms with E-state index in [1.54, 1.807) is 4.68 Å². The molecule has 2 heterocycles. The van der Waals surface area contributed by atoms with Crippen LogP contribution in [0.15, 0.2) is 30.3 Å². The van der Waals surface area contributed by atoms with E-state index in [0.29, 0.717) is 18.9 Å². The number of anilines is 1. The van der Waals surface area contributed by atoms with Crippen LogP contribution in [0.5, 0.6) is 0 Å². The van der Waals surface area contributed by atoms with Gasteiger partial charge < -0.3 is 10.2 Å². The van der Waals surface area contributed by atoms with Crippen LogP contribution in [0.4, 0.5) is 5.69 Å². The number of nitrogens with one attached hydrogen (secondary N) is 1. The summed E-state index contributed by atoms with van der Waals surface area (Å²) in [6, 6.07) is 10.4. The first-order valence-corrected chi connectivity index (χ1v) is 8.02. The summed E-state index contributed by atoms with van der Waals surface area (Å²) >= 11 is 0. The van der Waals surface area contributed by atoms with Crippen LogP contribution in [-0.2, 0) is 11.3 Å². The van der Waals surface area contributed by atoms with Crippen molar-refractivity contribution in [2.24, 2.45) is 5.92 Å². The molecular formula is C16H22N6O. The molecule has 3 rings (SSSR count). The number of para-hydroxylation sites is 1. The Labute approximate surface area is 135 Å². The molecule has 7 heteroatoms. The Bertz CT molecular complexity index is 641. The van der Waals surface area contributed by atoms with Crippen LogP contribution < -0.4 is 10.2 Å². The number of aryl methyl sites for hydroxylation is 2. The van der Waals surface area contributed by atoms with Gasteiger partial charge in [0.2, 0.25) is 5.91 Å². The topological polar surface area (TPSA) is 75.9 Å². The van der Waals surface area contributed by atoms with Gasteiger partial charge >= 0.3 is 0 Å². The van der Waals surface area contributed by atoms with Crippen LogP contribution in [0, 0.1) is 12.8 Å². The highest BCUT2D eigenvalue weighted by Crippen LogP contribution is 2.22. The van der Waals surface area contributed by atoms with Gasteiger partial charge in [-0.25, -0.2) is 4.68 Å². The molecule has 122 valence electrons. The second-order valence-electron chi connectivity index (χ2n) is 5.94. The summed E-state index contributed by atoms with van der Waals surface area (Å²) in [6.45, 7) is 5.13. The van der Waals surface area contributed by atoms with E-state index in [4.69, 9.17) is 0 Å². The molecule has 1 aromatic carbocycles. The minimum Gasteiger partial charge on any atom is -0.371 e. The van der Waals surface area contributed by atoms with E-state index in [1.165, 1.54) is 5.69 Å². The molecule has 0 aliphatic carbocycles. The lowest BCUT2D eigenvalue weighted by Crippen LogP contribution is -2.31. The SMILES string of the molecule is Cc1nnnn1CCC(=O)NC[C@@H]1CCN(c2ccccc2)C1. The molecule has 1 aliphatic heterocycles. The number of benzene rings is 1. The third kappa shape index (κ3) is 4.06. The first-order valence-electron chi connectivity index (χ1n) is 8.02. The molecular weight excluding hydrogens is 292 g/mol. The van der Waals surface area contributed by atoms with E-state index >= 15 is 0 Å². The largest absolute Gasteiger partial charge is 0.371 e. The van der Waals surface area contributed by atoms with Gasteiger partial charge in [-0.05, 0) is 41.8 Å². The summed E-state index contributed by atoms with van der Waals surface area (Å²) in [6.07, 6.45) is 1.52. The molecule has 1 fully saturated rings. The Morgan fingerprint density at radius 2 is 2.17 bits per heavy atom. The number of rotatable bonds is 6. The van der Waals surface area contributed by atoms with Crippen molar-refractivity contribution in [3.63, 3.8) is 0 Å². The highest BCUT2D eigenvalue weighted by Gasteiger charge is 2.22. The van der Waals surface area contributed by atoms with Crippen LogP contribution in [0.3, 0.4) is 0 Å². The van der Waals surface area contributed by atoms with Crippen molar-refractivity contribution in [2.75, 3.05) is 24.5 Å². The number of amides is 1. The lowest BCUT2D eigenvalue weighted by atomic mass is 10.1. The number of carbonyl (C=O) groups excluding carboxylic acids is 1. The molecule has 1 atom stereocenters. The zero-order valence-corrected chi connectivity index (χ0v) is 13.4. The molecule has 1 amide bonds. The first-order chi connectivity index (χ1) is 11.2. The molecule has 0 bridgehead atoms. The van der Waals surface area contributed by atoms with Gasteiger partial charge in [-0.2, -0.15) is 0 Å². The number of hydrogen-bond acceptors (Lipinski definition) is 5. The van der Waals surface area contributed by atoms with Gasteiger partial charge in [-0.15, -0.1) is 5.10 Å². The van der Waals surface area contributed by atoms with Gasteiger partial charge in [0.1, 0.15) is 5.82 Å². The van der Waals surface area contributed by atoms with Crippen LogP contribution in [0.2, 0.25) is 0 Å². The monoisotopic (exact) mass is 314 g/mol. The summed E-state index contributed by atoms with van der Waals surface area (Å²) in [7, 11) is 0. The Morgan fingerprint density at radius 3 is 2.91 bits per heavy atom. The summed E-state index contributed by atoms with van der Waals surface area (Å²) in [5, 5.41) is 14.2.